The van der Waals surface area contributed by atoms with Gasteiger partial charge in [0, 0.05) is 23.0 Å². The number of hydrogen-bond donors (Lipinski definition) is 2. The first-order chi connectivity index (χ1) is 16.5. The van der Waals surface area contributed by atoms with E-state index in [4.69, 9.17) is 4.74 Å². The molecule has 6 nitrogen and oxygen atoms in total. The fourth-order valence-corrected chi connectivity index (χ4v) is 3.71. The maximum absolute atomic E-state index is 12.4. The number of nitrogens with one attached hydrogen (secondary N) is 1. The zero-order valence-electron chi connectivity index (χ0n) is 20.3. The van der Waals surface area contributed by atoms with Crippen LogP contribution in [0.3, 0.4) is 0 Å². The van der Waals surface area contributed by atoms with Gasteiger partial charge in [0.05, 0.1) is 6.54 Å². The Bertz CT molecular complexity index is 1080. The molecule has 3 aromatic rings. The second kappa shape index (κ2) is 14.6. The van der Waals surface area contributed by atoms with Crippen LogP contribution in [0.5, 0.6) is 11.5 Å². The summed E-state index contributed by atoms with van der Waals surface area (Å²) < 4.78 is 5.68. The number of carbonyl (C=O) groups excluding carboxylic acids is 2. The molecule has 0 aromatic heterocycles. The van der Waals surface area contributed by atoms with Crippen molar-refractivity contribution in [1.82, 2.24) is 5.32 Å². The molecule has 1 unspecified atom stereocenters. The van der Waals surface area contributed by atoms with Crippen LogP contribution in [0.4, 0.5) is 0 Å². The second-order valence-corrected chi connectivity index (χ2v) is 8.21. The van der Waals surface area contributed by atoms with Crippen LogP contribution < -0.4 is 44.7 Å². The molecule has 1 amide bonds. The molecular weight excluding hydrogens is 453 g/mol. The molecule has 3 aromatic carbocycles. The molecule has 0 bridgehead atoms. The summed E-state index contributed by atoms with van der Waals surface area (Å²) in [6, 6.07) is 21.4. The van der Waals surface area contributed by atoms with Gasteiger partial charge in [-0.15, -0.1) is 0 Å². The van der Waals surface area contributed by atoms with Gasteiger partial charge in [-0.25, -0.2) is 0 Å². The van der Waals surface area contributed by atoms with Crippen molar-refractivity contribution < 1.29 is 54.1 Å². The average Bonchev–Trinajstić information content (AvgIpc) is 2.85. The number of phenolic OH excluding ortho intramolecular Hbond substituents is 1. The maximum Gasteiger partial charge on any atom is 1.00 e. The summed E-state index contributed by atoms with van der Waals surface area (Å²) in [6.07, 6.45) is 2.89. The summed E-state index contributed by atoms with van der Waals surface area (Å²) in [5.41, 5.74) is 3.00. The normalized spacial score (nSPS) is 11.2. The van der Waals surface area contributed by atoms with Gasteiger partial charge in [-0.2, -0.15) is 0 Å². The van der Waals surface area contributed by atoms with Crippen LogP contribution in [-0.2, 0) is 11.2 Å². The van der Waals surface area contributed by atoms with E-state index in [0.717, 1.165) is 24.0 Å². The van der Waals surface area contributed by atoms with Crippen LogP contribution in [-0.4, -0.2) is 30.1 Å². The maximum atomic E-state index is 12.4. The minimum Gasteiger partial charge on any atom is -0.550 e. The Balaban J connectivity index is 0.00000432. The van der Waals surface area contributed by atoms with Crippen LogP contribution >= 0.6 is 0 Å². The van der Waals surface area contributed by atoms with Crippen molar-refractivity contribution in [2.45, 2.75) is 32.6 Å². The van der Waals surface area contributed by atoms with Crippen molar-refractivity contribution >= 4 is 11.9 Å². The van der Waals surface area contributed by atoms with Gasteiger partial charge in [-0.1, -0.05) is 62.2 Å². The molecule has 35 heavy (non-hydrogen) atoms. The van der Waals surface area contributed by atoms with Crippen LogP contribution in [0, 0.1) is 5.92 Å². The molecule has 0 saturated carbocycles. The smallest absolute Gasteiger partial charge is 0.550 e. The molecule has 3 rings (SSSR count). The number of aromatic hydroxyl groups is 1. The van der Waals surface area contributed by atoms with Crippen molar-refractivity contribution in [3.8, 4) is 22.6 Å². The topological polar surface area (TPSA) is 98.7 Å². The van der Waals surface area contributed by atoms with E-state index in [1.54, 1.807) is 48.5 Å². The number of carboxylic acid groups (broad SMARTS) is 1. The molecule has 0 aliphatic carbocycles. The fraction of sp³-hybridized carbons (Fsp3) is 0.286. The predicted molar refractivity (Wildman–Crippen MR) is 130 cm³/mol. The number of ether oxygens (including phenoxy) is 1. The van der Waals surface area contributed by atoms with Crippen molar-refractivity contribution in [3.05, 3.63) is 83.9 Å². The van der Waals surface area contributed by atoms with Crippen LogP contribution in [0.1, 0.15) is 42.1 Å². The molecule has 0 saturated heterocycles. The number of amides is 1. The quantitative estimate of drug-likeness (QED) is 0.296. The Morgan fingerprint density at radius 3 is 2.31 bits per heavy atom. The minimum absolute atomic E-state index is 0. The zero-order valence-corrected chi connectivity index (χ0v) is 22.3. The summed E-state index contributed by atoms with van der Waals surface area (Å²) in [7, 11) is 0. The van der Waals surface area contributed by atoms with Crippen molar-refractivity contribution in [2.24, 2.45) is 5.92 Å². The largest absolute Gasteiger partial charge is 1.00 e. The van der Waals surface area contributed by atoms with Crippen LogP contribution in [0.25, 0.3) is 11.1 Å². The van der Waals surface area contributed by atoms with Crippen molar-refractivity contribution in [3.63, 3.8) is 0 Å². The van der Waals surface area contributed by atoms with Gasteiger partial charge in [0.2, 0.25) is 0 Å². The number of carboxylic acids is 1. The standard InChI is InChI=1S/C28H31NO5.Na/c1-2-3-6-23(28(32)33)19-20-9-15-24(16-10-20)34-18-17-29-27(31)22-13-11-21(12-14-22)25-7-4-5-8-26(25)30;/h4-5,7-16,23,30H,2-3,6,17-19H2,1H3,(H,29,31)(H,32,33);/q;+1/p-1. The van der Waals surface area contributed by atoms with Crippen molar-refractivity contribution in [2.75, 3.05) is 13.2 Å². The molecule has 178 valence electrons. The second-order valence-electron chi connectivity index (χ2n) is 8.21. The van der Waals surface area contributed by atoms with Gasteiger partial charge in [0.25, 0.3) is 5.91 Å². The molecular formula is C28H30NNaO5. The summed E-state index contributed by atoms with van der Waals surface area (Å²) >= 11 is 0. The third kappa shape index (κ3) is 8.73. The van der Waals surface area contributed by atoms with E-state index in [2.05, 4.69) is 5.32 Å². The van der Waals surface area contributed by atoms with Gasteiger partial charge < -0.3 is 25.1 Å². The van der Waals surface area contributed by atoms with Gasteiger partial charge in [0.15, 0.2) is 0 Å². The SMILES string of the molecule is CCCCC(Cc1ccc(OCCNC(=O)c2ccc(-c3ccccc3O)cc2)cc1)C(=O)[O-].[Na+]. The van der Waals surface area contributed by atoms with E-state index in [-0.39, 0.29) is 41.2 Å². The van der Waals surface area contributed by atoms with E-state index in [1.165, 1.54) is 0 Å². The molecule has 0 spiro atoms. The third-order valence-corrected chi connectivity index (χ3v) is 5.66. The first kappa shape index (κ1) is 28.4. The summed E-state index contributed by atoms with van der Waals surface area (Å²) in [5, 5.41) is 24.1. The molecule has 0 radical (unpaired) electrons. The minimum atomic E-state index is -1.00. The number of carbonyl (C=O) groups is 2. The molecule has 0 aliphatic rings. The first-order valence-electron chi connectivity index (χ1n) is 11.6. The van der Waals surface area contributed by atoms with E-state index >= 15 is 0 Å². The molecule has 0 aliphatic heterocycles. The number of benzene rings is 3. The molecule has 0 heterocycles. The number of aliphatic carboxylic acids is 1. The molecule has 0 fully saturated rings. The Kier molecular flexibility index (Phi) is 11.8. The Morgan fingerprint density at radius 2 is 1.69 bits per heavy atom. The number of para-hydroxylation sites is 1. The van der Waals surface area contributed by atoms with Crippen molar-refractivity contribution in [1.29, 1.82) is 0 Å². The fourth-order valence-electron chi connectivity index (χ4n) is 3.71. The Morgan fingerprint density at radius 1 is 1.00 bits per heavy atom. The summed E-state index contributed by atoms with van der Waals surface area (Å²) in [6.45, 7) is 2.68. The number of unbranched alkanes of at least 4 members (excludes halogenated alkanes) is 1. The van der Waals surface area contributed by atoms with Gasteiger partial charge in [-0.3, -0.25) is 4.79 Å². The van der Waals surface area contributed by atoms with Gasteiger partial charge >= 0.3 is 29.6 Å². The molecule has 2 N–H and O–H groups in total. The van der Waals surface area contributed by atoms with E-state index < -0.39 is 11.9 Å². The molecule has 7 heteroatoms. The monoisotopic (exact) mass is 483 g/mol. The summed E-state index contributed by atoms with van der Waals surface area (Å²) in [4.78, 5) is 23.7. The van der Waals surface area contributed by atoms with Gasteiger partial charge in [-0.05, 0) is 54.3 Å². The summed E-state index contributed by atoms with van der Waals surface area (Å²) in [5.74, 6) is -0.835. The third-order valence-electron chi connectivity index (χ3n) is 5.66. The predicted octanol–water partition coefficient (Wildman–Crippen LogP) is 0.971. The van der Waals surface area contributed by atoms with Crippen LogP contribution in [0.15, 0.2) is 72.8 Å². The average molecular weight is 484 g/mol. The number of rotatable bonds is 12. The number of phenols is 1. The van der Waals surface area contributed by atoms with Crippen LogP contribution in [0.2, 0.25) is 0 Å². The molecule has 1 atom stereocenters. The Labute approximate surface area is 228 Å². The zero-order chi connectivity index (χ0) is 24.3. The number of hydrogen-bond acceptors (Lipinski definition) is 5. The van der Waals surface area contributed by atoms with Gasteiger partial charge in [0.1, 0.15) is 18.1 Å². The van der Waals surface area contributed by atoms with E-state index in [1.807, 2.05) is 31.2 Å². The van der Waals surface area contributed by atoms with E-state index in [0.29, 0.717) is 42.9 Å². The Hall–Kier alpha value is -2.80. The van der Waals surface area contributed by atoms with E-state index in [9.17, 15) is 19.8 Å². The first-order valence-corrected chi connectivity index (χ1v) is 11.6.